The smallest absolute Gasteiger partial charge is 0.333 e. The molecule has 1 fully saturated rings. The van der Waals surface area contributed by atoms with Crippen LogP contribution in [0.2, 0.25) is 0 Å². The normalized spacial score (nSPS) is 16.6. The number of anilines is 1. The van der Waals surface area contributed by atoms with Gasteiger partial charge in [0.2, 0.25) is 5.82 Å². The van der Waals surface area contributed by atoms with E-state index in [1.807, 2.05) is 6.92 Å². The standard InChI is InChI=1S/C17H25N5O3S/c1-4-13-16(22(23)24)17(20(3)19-13)18-11-14(15-6-5-12(2)26-15)21-7-9-25-10-8-21/h5-6,14,18H,4,7-11H2,1-3H3. The molecule has 0 aromatic carbocycles. The summed E-state index contributed by atoms with van der Waals surface area (Å²) in [7, 11) is 1.74. The van der Waals surface area contributed by atoms with E-state index in [-0.39, 0.29) is 16.7 Å². The van der Waals surface area contributed by atoms with Crippen molar-refractivity contribution >= 4 is 22.8 Å². The van der Waals surface area contributed by atoms with E-state index in [4.69, 9.17) is 4.74 Å². The van der Waals surface area contributed by atoms with Crippen LogP contribution in [0, 0.1) is 17.0 Å². The fourth-order valence-electron chi connectivity index (χ4n) is 3.32. The lowest BCUT2D eigenvalue weighted by atomic mass is 10.2. The maximum absolute atomic E-state index is 11.5. The van der Waals surface area contributed by atoms with Gasteiger partial charge in [-0.05, 0) is 25.5 Å². The fraction of sp³-hybridized carbons (Fsp3) is 0.588. The first kappa shape index (κ1) is 18.8. The number of nitrogens with one attached hydrogen (secondary N) is 1. The Morgan fingerprint density at radius 2 is 2.15 bits per heavy atom. The maximum atomic E-state index is 11.5. The molecule has 26 heavy (non-hydrogen) atoms. The van der Waals surface area contributed by atoms with Crippen molar-refractivity contribution in [1.82, 2.24) is 14.7 Å². The third kappa shape index (κ3) is 3.89. The number of thiophene rings is 1. The SMILES string of the molecule is CCc1nn(C)c(NCC(c2ccc(C)s2)N2CCOCC2)c1[N+](=O)[O-]. The molecule has 1 atom stereocenters. The van der Waals surface area contributed by atoms with Crippen LogP contribution in [0.1, 0.15) is 28.4 Å². The van der Waals surface area contributed by atoms with Crippen LogP contribution in [0.3, 0.4) is 0 Å². The third-order valence-corrected chi connectivity index (χ3v) is 5.75. The Balaban J connectivity index is 1.84. The quantitative estimate of drug-likeness (QED) is 0.588. The summed E-state index contributed by atoms with van der Waals surface area (Å²) in [4.78, 5) is 16.1. The van der Waals surface area contributed by atoms with Crippen LogP contribution in [-0.4, -0.2) is 52.5 Å². The Kier molecular flexibility index (Phi) is 5.90. The Morgan fingerprint density at radius 3 is 2.73 bits per heavy atom. The number of hydrogen-bond donors (Lipinski definition) is 1. The highest BCUT2D eigenvalue weighted by Crippen LogP contribution is 2.32. The van der Waals surface area contributed by atoms with Gasteiger partial charge in [-0.1, -0.05) is 6.92 Å². The summed E-state index contributed by atoms with van der Waals surface area (Å²) in [5.41, 5.74) is 0.591. The summed E-state index contributed by atoms with van der Waals surface area (Å²) in [6.07, 6.45) is 0.531. The molecule has 8 nitrogen and oxygen atoms in total. The van der Waals surface area contributed by atoms with Crippen molar-refractivity contribution in [3.05, 3.63) is 37.7 Å². The minimum absolute atomic E-state index is 0.0816. The molecule has 1 unspecified atom stereocenters. The zero-order valence-electron chi connectivity index (χ0n) is 15.4. The lowest BCUT2D eigenvalue weighted by Gasteiger charge is -2.34. The summed E-state index contributed by atoms with van der Waals surface area (Å²) < 4.78 is 7.06. The summed E-state index contributed by atoms with van der Waals surface area (Å²) in [6, 6.07) is 4.42. The first-order chi connectivity index (χ1) is 12.5. The monoisotopic (exact) mass is 379 g/mol. The molecule has 3 heterocycles. The molecule has 0 aliphatic carbocycles. The fourth-order valence-corrected chi connectivity index (χ4v) is 4.33. The molecule has 142 valence electrons. The van der Waals surface area contributed by atoms with Crippen molar-refractivity contribution in [3.63, 3.8) is 0 Å². The molecular weight excluding hydrogens is 354 g/mol. The van der Waals surface area contributed by atoms with E-state index >= 15 is 0 Å². The third-order valence-electron chi connectivity index (χ3n) is 4.65. The molecule has 1 aliphatic rings. The zero-order chi connectivity index (χ0) is 18.7. The average molecular weight is 379 g/mol. The van der Waals surface area contributed by atoms with Gasteiger partial charge >= 0.3 is 5.69 Å². The van der Waals surface area contributed by atoms with Crippen LogP contribution < -0.4 is 5.32 Å². The average Bonchev–Trinajstić information content (AvgIpc) is 3.19. The number of hydrogen-bond acceptors (Lipinski definition) is 7. The van der Waals surface area contributed by atoms with Gasteiger partial charge in [-0.2, -0.15) is 5.10 Å². The van der Waals surface area contributed by atoms with E-state index in [2.05, 4.69) is 34.4 Å². The molecule has 3 rings (SSSR count). The van der Waals surface area contributed by atoms with Gasteiger partial charge in [-0.25, -0.2) is 4.68 Å². The van der Waals surface area contributed by atoms with Gasteiger partial charge in [-0.3, -0.25) is 15.0 Å². The number of ether oxygens (including phenoxy) is 1. The van der Waals surface area contributed by atoms with E-state index in [9.17, 15) is 10.1 Å². The van der Waals surface area contributed by atoms with Crippen LogP contribution in [-0.2, 0) is 18.2 Å². The summed E-state index contributed by atoms with van der Waals surface area (Å²) in [5, 5.41) is 19.1. The molecule has 0 bridgehead atoms. The number of morpholine rings is 1. The van der Waals surface area contributed by atoms with E-state index in [0.717, 1.165) is 13.1 Å². The van der Waals surface area contributed by atoms with E-state index in [1.54, 1.807) is 23.1 Å². The largest absolute Gasteiger partial charge is 0.379 e. The van der Waals surface area contributed by atoms with E-state index in [1.165, 1.54) is 9.75 Å². The molecule has 9 heteroatoms. The van der Waals surface area contributed by atoms with Crippen molar-refractivity contribution in [2.24, 2.45) is 7.05 Å². The van der Waals surface area contributed by atoms with Crippen molar-refractivity contribution in [2.45, 2.75) is 26.3 Å². The lowest BCUT2D eigenvalue weighted by molar-refractivity contribution is -0.384. The van der Waals surface area contributed by atoms with Crippen LogP contribution in [0.25, 0.3) is 0 Å². The first-order valence-corrected chi connectivity index (χ1v) is 9.65. The summed E-state index contributed by atoms with van der Waals surface area (Å²) >= 11 is 1.77. The molecule has 0 amide bonds. The predicted octanol–water partition coefficient (Wildman–Crippen LogP) is 2.75. The Labute approximate surface area is 156 Å². The van der Waals surface area contributed by atoms with Crippen molar-refractivity contribution < 1.29 is 9.66 Å². The number of nitro groups is 1. The molecule has 1 aliphatic heterocycles. The lowest BCUT2D eigenvalue weighted by Crippen LogP contribution is -2.41. The second-order valence-corrected chi connectivity index (χ2v) is 7.69. The highest BCUT2D eigenvalue weighted by Gasteiger charge is 2.28. The minimum atomic E-state index is -0.340. The van der Waals surface area contributed by atoms with Crippen LogP contribution in [0.4, 0.5) is 11.5 Å². The predicted molar refractivity (Wildman–Crippen MR) is 102 cm³/mol. The van der Waals surface area contributed by atoms with Crippen molar-refractivity contribution in [3.8, 4) is 0 Å². The second-order valence-electron chi connectivity index (χ2n) is 6.37. The summed E-state index contributed by atoms with van der Waals surface area (Å²) in [6.45, 7) is 7.71. The van der Waals surface area contributed by atoms with Crippen molar-refractivity contribution in [1.29, 1.82) is 0 Å². The minimum Gasteiger partial charge on any atom is -0.379 e. The molecule has 0 radical (unpaired) electrons. The van der Waals surface area contributed by atoms with Crippen molar-refractivity contribution in [2.75, 3.05) is 38.2 Å². The molecule has 1 N–H and O–H groups in total. The number of aryl methyl sites for hydroxylation is 3. The number of aromatic nitrogens is 2. The van der Waals surface area contributed by atoms with E-state index < -0.39 is 0 Å². The Bertz CT molecular complexity index is 767. The van der Waals surface area contributed by atoms with Crippen LogP contribution >= 0.6 is 11.3 Å². The van der Waals surface area contributed by atoms with Gasteiger partial charge in [0.25, 0.3) is 0 Å². The first-order valence-electron chi connectivity index (χ1n) is 8.83. The highest BCUT2D eigenvalue weighted by molar-refractivity contribution is 7.12. The molecular formula is C17H25N5O3S. The number of rotatable bonds is 7. The van der Waals surface area contributed by atoms with Gasteiger partial charge in [0.15, 0.2) is 0 Å². The molecule has 2 aromatic rings. The Morgan fingerprint density at radius 1 is 1.42 bits per heavy atom. The van der Waals surface area contributed by atoms with Crippen LogP contribution in [0.5, 0.6) is 0 Å². The van der Waals surface area contributed by atoms with Gasteiger partial charge in [0, 0.05) is 36.4 Å². The van der Waals surface area contributed by atoms with Gasteiger partial charge in [-0.15, -0.1) is 11.3 Å². The maximum Gasteiger partial charge on any atom is 0.333 e. The molecule has 2 aromatic heterocycles. The molecule has 1 saturated heterocycles. The topological polar surface area (TPSA) is 85.5 Å². The number of nitrogens with zero attached hydrogens (tertiary/aromatic N) is 4. The van der Waals surface area contributed by atoms with Gasteiger partial charge in [0.1, 0.15) is 5.69 Å². The molecule has 0 spiro atoms. The zero-order valence-corrected chi connectivity index (χ0v) is 16.2. The highest BCUT2D eigenvalue weighted by atomic mass is 32.1. The van der Waals surface area contributed by atoms with Gasteiger partial charge in [0.05, 0.1) is 24.2 Å². The Hall–Kier alpha value is -1.97. The van der Waals surface area contributed by atoms with E-state index in [0.29, 0.717) is 37.7 Å². The van der Waals surface area contributed by atoms with Gasteiger partial charge < -0.3 is 10.1 Å². The van der Waals surface area contributed by atoms with Crippen LogP contribution in [0.15, 0.2) is 12.1 Å². The second kappa shape index (κ2) is 8.15. The molecule has 0 saturated carbocycles. The summed E-state index contributed by atoms with van der Waals surface area (Å²) in [5.74, 6) is 0.471.